The van der Waals surface area contributed by atoms with E-state index in [0.29, 0.717) is 22.8 Å². The first-order chi connectivity index (χ1) is 10.2. The van der Waals surface area contributed by atoms with Gasteiger partial charge in [0.25, 0.3) is 0 Å². The van der Waals surface area contributed by atoms with Gasteiger partial charge in [0, 0.05) is 11.6 Å². The molecule has 0 aromatic heterocycles. The molecule has 0 spiro atoms. The van der Waals surface area contributed by atoms with E-state index in [1.165, 1.54) is 0 Å². The molecular formula is C16H14ClN3O. The molecule has 0 radical (unpaired) electrons. The van der Waals surface area contributed by atoms with E-state index in [1.807, 2.05) is 30.3 Å². The quantitative estimate of drug-likeness (QED) is 0.892. The third-order valence-corrected chi connectivity index (χ3v) is 3.11. The molecule has 0 atom stereocenters. The van der Waals surface area contributed by atoms with E-state index in [1.54, 1.807) is 18.2 Å². The zero-order valence-electron chi connectivity index (χ0n) is 11.3. The van der Waals surface area contributed by atoms with Gasteiger partial charge in [0.15, 0.2) is 0 Å². The van der Waals surface area contributed by atoms with Gasteiger partial charge in [0.05, 0.1) is 17.8 Å². The van der Waals surface area contributed by atoms with Crippen molar-refractivity contribution in [2.24, 2.45) is 0 Å². The number of carbonyl (C=O) groups is 1. The fourth-order valence-corrected chi connectivity index (χ4v) is 1.97. The second-order valence-electron chi connectivity index (χ2n) is 4.42. The fourth-order valence-electron chi connectivity index (χ4n) is 1.79. The second-order valence-corrected chi connectivity index (χ2v) is 4.85. The maximum Gasteiger partial charge on any atom is 0.239 e. The van der Waals surface area contributed by atoms with Crippen LogP contribution in [0.4, 0.5) is 5.69 Å². The molecular weight excluding hydrogens is 286 g/mol. The molecule has 0 aliphatic heterocycles. The van der Waals surface area contributed by atoms with Crippen molar-refractivity contribution in [1.82, 2.24) is 5.32 Å². The topological polar surface area (TPSA) is 64.9 Å². The molecule has 0 aliphatic rings. The van der Waals surface area contributed by atoms with E-state index in [-0.39, 0.29) is 12.5 Å². The summed E-state index contributed by atoms with van der Waals surface area (Å²) in [4.78, 5) is 11.8. The first-order valence-electron chi connectivity index (χ1n) is 6.43. The van der Waals surface area contributed by atoms with Crippen molar-refractivity contribution in [3.63, 3.8) is 0 Å². The molecule has 2 aromatic carbocycles. The summed E-state index contributed by atoms with van der Waals surface area (Å²) in [6.07, 6.45) is 0. The number of nitriles is 1. The Labute approximate surface area is 128 Å². The summed E-state index contributed by atoms with van der Waals surface area (Å²) < 4.78 is 0. The van der Waals surface area contributed by atoms with Crippen LogP contribution in [-0.4, -0.2) is 12.5 Å². The number of amides is 1. The van der Waals surface area contributed by atoms with Crippen LogP contribution < -0.4 is 10.6 Å². The number of nitrogens with zero attached hydrogens (tertiary/aromatic N) is 1. The highest BCUT2D eigenvalue weighted by Crippen LogP contribution is 2.19. The molecule has 106 valence electrons. The number of hydrogen-bond acceptors (Lipinski definition) is 3. The molecule has 2 rings (SSSR count). The van der Waals surface area contributed by atoms with Gasteiger partial charge in [-0.3, -0.25) is 4.79 Å². The molecule has 0 saturated heterocycles. The molecule has 2 aromatic rings. The van der Waals surface area contributed by atoms with E-state index in [9.17, 15) is 4.79 Å². The molecule has 21 heavy (non-hydrogen) atoms. The van der Waals surface area contributed by atoms with Crippen molar-refractivity contribution in [1.29, 1.82) is 5.26 Å². The number of hydrogen-bond donors (Lipinski definition) is 2. The standard InChI is InChI=1S/C16H14ClN3O/c17-14-7-6-13(9-18)15(8-14)19-11-16(21)20-10-12-4-2-1-3-5-12/h1-8,19H,10-11H2,(H,20,21). The van der Waals surface area contributed by atoms with E-state index < -0.39 is 0 Å². The Morgan fingerprint density at radius 1 is 1.19 bits per heavy atom. The van der Waals surface area contributed by atoms with Crippen LogP contribution in [0.2, 0.25) is 5.02 Å². The predicted molar refractivity (Wildman–Crippen MR) is 82.9 cm³/mol. The average Bonchev–Trinajstić information content (AvgIpc) is 2.52. The van der Waals surface area contributed by atoms with Crippen molar-refractivity contribution in [2.75, 3.05) is 11.9 Å². The first kappa shape index (κ1) is 14.9. The Morgan fingerprint density at radius 2 is 1.95 bits per heavy atom. The lowest BCUT2D eigenvalue weighted by Gasteiger charge is -2.09. The molecule has 0 saturated carbocycles. The monoisotopic (exact) mass is 299 g/mol. The van der Waals surface area contributed by atoms with Crippen molar-refractivity contribution in [2.45, 2.75) is 6.54 Å². The lowest BCUT2D eigenvalue weighted by Crippen LogP contribution is -2.29. The lowest BCUT2D eigenvalue weighted by molar-refractivity contribution is -0.119. The predicted octanol–water partition coefficient (Wildman–Crippen LogP) is 2.94. The number of carbonyl (C=O) groups excluding carboxylic acids is 1. The van der Waals surface area contributed by atoms with Gasteiger partial charge in [0.2, 0.25) is 5.91 Å². The van der Waals surface area contributed by atoms with Crippen LogP contribution >= 0.6 is 11.6 Å². The molecule has 4 nitrogen and oxygen atoms in total. The van der Waals surface area contributed by atoms with Gasteiger partial charge in [-0.1, -0.05) is 41.9 Å². The summed E-state index contributed by atoms with van der Waals surface area (Å²) in [6, 6.07) is 16.6. The van der Waals surface area contributed by atoms with Crippen LogP contribution in [-0.2, 0) is 11.3 Å². The molecule has 1 amide bonds. The van der Waals surface area contributed by atoms with Gasteiger partial charge in [-0.05, 0) is 23.8 Å². The third kappa shape index (κ3) is 4.51. The number of halogens is 1. The maximum absolute atomic E-state index is 11.8. The number of anilines is 1. The smallest absolute Gasteiger partial charge is 0.239 e. The maximum atomic E-state index is 11.8. The fraction of sp³-hybridized carbons (Fsp3) is 0.125. The van der Waals surface area contributed by atoms with Crippen molar-refractivity contribution >= 4 is 23.2 Å². The van der Waals surface area contributed by atoms with Crippen molar-refractivity contribution < 1.29 is 4.79 Å². The van der Waals surface area contributed by atoms with E-state index in [2.05, 4.69) is 16.7 Å². The average molecular weight is 300 g/mol. The van der Waals surface area contributed by atoms with E-state index >= 15 is 0 Å². The summed E-state index contributed by atoms with van der Waals surface area (Å²) in [7, 11) is 0. The summed E-state index contributed by atoms with van der Waals surface area (Å²) in [5.41, 5.74) is 2.04. The van der Waals surface area contributed by atoms with Crippen LogP contribution in [0.5, 0.6) is 0 Å². The van der Waals surface area contributed by atoms with Gasteiger partial charge >= 0.3 is 0 Å². The summed E-state index contributed by atoms with van der Waals surface area (Å²) >= 11 is 5.88. The Morgan fingerprint density at radius 3 is 2.67 bits per heavy atom. The zero-order chi connectivity index (χ0) is 15.1. The molecule has 5 heteroatoms. The SMILES string of the molecule is N#Cc1ccc(Cl)cc1NCC(=O)NCc1ccccc1. The van der Waals surface area contributed by atoms with Crippen LogP contribution in [0.25, 0.3) is 0 Å². The largest absolute Gasteiger partial charge is 0.375 e. The van der Waals surface area contributed by atoms with E-state index in [0.717, 1.165) is 5.56 Å². The number of rotatable bonds is 5. The highest BCUT2D eigenvalue weighted by molar-refractivity contribution is 6.30. The van der Waals surface area contributed by atoms with Crippen molar-refractivity contribution in [3.8, 4) is 6.07 Å². The zero-order valence-corrected chi connectivity index (χ0v) is 12.0. The van der Waals surface area contributed by atoms with Gasteiger partial charge in [-0.25, -0.2) is 0 Å². The molecule has 0 unspecified atom stereocenters. The highest BCUT2D eigenvalue weighted by atomic mass is 35.5. The number of benzene rings is 2. The molecule has 2 N–H and O–H groups in total. The molecule has 0 aliphatic carbocycles. The Balaban J connectivity index is 1.87. The van der Waals surface area contributed by atoms with Crippen molar-refractivity contribution in [3.05, 3.63) is 64.7 Å². The lowest BCUT2D eigenvalue weighted by atomic mass is 10.2. The molecule has 0 bridgehead atoms. The Bertz CT molecular complexity index is 665. The van der Waals surface area contributed by atoms with E-state index in [4.69, 9.17) is 16.9 Å². The molecule has 0 fully saturated rings. The van der Waals surface area contributed by atoms with Gasteiger partial charge in [-0.2, -0.15) is 5.26 Å². The molecule has 0 heterocycles. The van der Waals surface area contributed by atoms with Crippen LogP contribution in [0, 0.1) is 11.3 Å². The summed E-state index contributed by atoms with van der Waals surface area (Å²) in [5, 5.41) is 15.2. The summed E-state index contributed by atoms with van der Waals surface area (Å²) in [6.45, 7) is 0.559. The minimum Gasteiger partial charge on any atom is -0.375 e. The number of nitrogens with one attached hydrogen (secondary N) is 2. The third-order valence-electron chi connectivity index (χ3n) is 2.87. The second kappa shape index (κ2) is 7.32. The van der Waals surface area contributed by atoms with Crippen LogP contribution in [0.3, 0.4) is 0 Å². The van der Waals surface area contributed by atoms with Gasteiger partial charge < -0.3 is 10.6 Å². The van der Waals surface area contributed by atoms with Gasteiger partial charge in [-0.15, -0.1) is 0 Å². The van der Waals surface area contributed by atoms with Crippen LogP contribution in [0.15, 0.2) is 48.5 Å². The summed E-state index contributed by atoms with van der Waals surface area (Å²) in [5.74, 6) is -0.150. The minimum absolute atomic E-state index is 0.0852. The normalized spacial score (nSPS) is 9.71. The van der Waals surface area contributed by atoms with Crippen LogP contribution in [0.1, 0.15) is 11.1 Å². The highest BCUT2D eigenvalue weighted by Gasteiger charge is 2.05. The first-order valence-corrected chi connectivity index (χ1v) is 6.81. The minimum atomic E-state index is -0.150. The Kier molecular flexibility index (Phi) is 5.19. The Hall–Kier alpha value is -2.51. The van der Waals surface area contributed by atoms with Gasteiger partial charge in [0.1, 0.15) is 6.07 Å².